The fourth-order valence-electron chi connectivity index (χ4n) is 3.03. The Morgan fingerprint density at radius 2 is 2.19 bits per heavy atom. The number of halogens is 1. The zero-order chi connectivity index (χ0) is 18.2. The topological polar surface area (TPSA) is 83.3 Å². The zero-order valence-electron chi connectivity index (χ0n) is 15.0. The van der Waals surface area contributed by atoms with Crippen LogP contribution in [0.5, 0.6) is 0 Å². The Bertz CT molecular complexity index is 703. The summed E-state index contributed by atoms with van der Waals surface area (Å²) in [7, 11) is 1.76. The highest BCUT2D eigenvalue weighted by molar-refractivity contribution is 5.80. The molecule has 0 aliphatic carbocycles. The van der Waals surface area contributed by atoms with E-state index in [-0.39, 0.29) is 11.9 Å². The van der Waals surface area contributed by atoms with E-state index in [4.69, 9.17) is 0 Å². The van der Waals surface area contributed by atoms with Gasteiger partial charge < -0.3 is 20.1 Å². The quantitative estimate of drug-likeness (QED) is 0.436. The molecule has 26 heavy (non-hydrogen) atoms. The van der Waals surface area contributed by atoms with E-state index in [1.165, 1.54) is 6.07 Å². The van der Waals surface area contributed by atoms with Crippen LogP contribution in [0.3, 0.4) is 0 Å². The van der Waals surface area contributed by atoms with Crippen molar-refractivity contribution in [3.05, 3.63) is 36.8 Å². The Hall–Kier alpha value is -2.71. The molecule has 2 aromatic rings. The largest absolute Gasteiger partial charge is 0.356 e. The van der Waals surface area contributed by atoms with Crippen LogP contribution in [0.25, 0.3) is 0 Å². The van der Waals surface area contributed by atoms with Crippen molar-refractivity contribution in [2.45, 2.75) is 31.8 Å². The molecule has 0 saturated carbocycles. The number of aliphatic imine (C=N–C) groups is 1. The maximum Gasteiger partial charge on any atom is 0.191 e. The highest BCUT2D eigenvalue weighted by Crippen LogP contribution is 2.20. The van der Waals surface area contributed by atoms with E-state index in [1.807, 2.05) is 9.47 Å². The lowest BCUT2D eigenvalue weighted by Gasteiger charge is -2.20. The summed E-state index contributed by atoms with van der Waals surface area (Å²) in [4.78, 5) is 10.4. The van der Waals surface area contributed by atoms with Gasteiger partial charge in [-0.05, 0) is 31.4 Å². The van der Waals surface area contributed by atoms with Gasteiger partial charge in [0, 0.05) is 45.5 Å². The van der Waals surface area contributed by atoms with Crippen molar-refractivity contribution in [1.82, 2.24) is 30.4 Å². The maximum atomic E-state index is 13.9. The zero-order valence-corrected chi connectivity index (χ0v) is 15.0. The second-order valence-corrected chi connectivity index (χ2v) is 6.29. The second-order valence-electron chi connectivity index (χ2n) is 6.29. The molecule has 3 rings (SSSR count). The fourth-order valence-corrected chi connectivity index (χ4v) is 3.03. The highest BCUT2D eigenvalue weighted by atomic mass is 19.1. The highest BCUT2D eigenvalue weighted by Gasteiger charge is 2.25. The number of aryl methyl sites for hydroxylation is 1. The van der Waals surface area contributed by atoms with E-state index < -0.39 is 0 Å². The Morgan fingerprint density at radius 3 is 2.96 bits per heavy atom. The van der Waals surface area contributed by atoms with Gasteiger partial charge in [-0.1, -0.05) is 0 Å². The van der Waals surface area contributed by atoms with E-state index >= 15 is 0 Å². The number of hydrogen-bond acceptors (Lipinski definition) is 5. The van der Waals surface area contributed by atoms with Crippen LogP contribution < -0.4 is 15.5 Å². The molecule has 0 spiro atoms. The van der Waals surface area contributed by atoms with Gasteiger partial charge in [0.2, 0.25) is 0 Å². The Balaban J connectivity index is 1.38. The molecule has 1 saturated heterocycles. The van der Waals surface area contributed by atoms with E-state index in [0.29, 0.717) is 12.4 Å². The summed E-state index contributed by atoms with van der Waals surface area (Å²) in [6.07, 6.45) is 8.06. The molecule has 1 fully saturated rings. The number of pyridine rings is 1. The number of guanidine groups is 1. The Labute approximate surface area is 152 Å². The number of aromatic nitrogens is 4. The van der Waals surface area contributed by atoms with E-state index in [1.54, 1.807) is 32.0 Å². The van der Waals surface area contributed by atoms with Crippen LogP contribution in [-0.2, 0) is 6.54 Å². The van der Waals surface area contributed by atoms with Gasteiger partial charge in [0.05, 0.1) is 0 Å². The number of nitrogens with one attached hydrogen (secondary N) is 2. The molecule has 2 N–H and O–H groups in total. The van der Waals surface area contributed by atoms with Crippen LogP contribution in [0.4, 0.5) is 10.2 Å². The van der Waals surface area contributed by atoms with E-state index in [9.17, 15) is 4.39 Å². The lowest BCUT2D eigenvalue weighted by molar-refractivity contribution is 0.590. The first-order valence-electron chi connectivity index (χ1n) is 8.91. The molecule has 0 bridgehead atoms. The first-order valence-corrected chi connectivity index (χ1v) is 8.91. The standard InChI is InChI=1S/C17H25FN8/c1-19-17(21-7-2-3-9-25-12-22-23-13-25)24-14-6-10-26(11-14)16-15(18)5-4-8-20-16/h4-5,8,12-14H,2-3,6-7,9-11H2,1H3,(H2,19,21,24). The molecule has 1 atom stereocenters. The fraction of sp³-hybridized carbons (Fsp3) is 0.529. The molecule has 0 radical (unpaired) electrons. The Kier molecular flexibility index (Phi) is 6.34. The molecule has 8 nitrogen and oxygen atoms in total. The van der Waals surface area contributed by atoms with Gasteiger partial charge in [-0.25, -0.2) is 9.37 Å². The van der Waals surface area contributed by atoms with Crippen LogP contribution in [0, 0.1) is 5.82 Å². The number of hydrogen-bond donors (Lipinski definition) is 2. The van der Waals surface area contributed by atoms with E-state index in [2.05, 4.69) is 30.8 Å². The minimum Gasteiger partial charge on any atom is -0.356 e. The SMILES string of the molecule is CN=C(NCCCCn1cnnc1)NC1CCN(c2ncccc2F)C1. The van der Waals surface area contributed by atoms with Crippen molar-refractivity contribution >= 4 is 11.8 Å². The lowest BCUT2D eigenvalue weighted by Crippen LogP contribution is -2.45. The van der Waals surface area contributed by atoms with Gasteiger partial charge in [-0.15, -0.1) is 10.2 Å². The average molecular weight is 360 g/mol. The average Bonchev–Trinajstić information content (AvgIpc) is 3.33. The minimum atomic E-state index is -0.274. The van der Waals surface area contributed by atoms with Gasteiger partial charge in [0.15, 0.2) is 17.6 Å². The molecule has 3 heterocycles. The number of nitrogens with zero attached hydrogens (tertiary/aromatic N) is 6. The van der Waals surface area contributed by atoms with Gasteiger partial charge in [0.25, 0.3) is 0 Å². The maximum absolute atomic E-state index is 13.9. The molecule has 2 aromatic heterocycles. The summed E-state index contributed by atoms with van der Waals surface area (Å²) in [5.74, 6) is 0.931. The van der Waals surface area contributed by atoms with Crippen LogP contribution in [0.15, 0.2) is 36.0 Å². The van der Waals surface area contributed by atoms with Gasteiger partial charge in [-0.2, -0.15) is 0 Å². The first kappa shape index (κ1) is 18.1. The molecule has 1 unspecified atom stereocenters. The number of unbranched alkanes of at least 4 members (excludes halogenated alkanes) is 1. The third kappa shape index (κ3) is 4.90. The van der Waals surface area contributed by atoms with Crippen molar-refractivity contribution in [2.75, 3.05) is 31.6 Å². The summed E-state index contributed by atoms with van der Waals surface area (Å²) in [6, 6.07) is 3.28. The molecule has 1 aliphatic rings. The monoisotopic (exact) mass is 360 g/mol. The summed E-state index contributed by atoms with van der Waals surface area (Å²) < 4.78 is 15.8. The van der Waals surface area contributed by atoms with Crippen molar-refractivity contribution in [1.29, 1.82) is 0 Å². The molecule has 0 amide bonds. The van der Waals surface area contributed by atoms with Crippen LogP contribution in [0.2, 0.25) is 0 Å². The van der Waals surface area contributed by atoms with Crippen molar-refractivity contribution in [3.8, 4) is 0 Å². The predicted octanol–water partition coefficient (Wildman–Crippen LogP) is 1.04. The van der Waals surface area contributed by atoms with Gasteiger partial charge >= 0.3 is 0 Å². The second kappa shape index (κ2) is 9.12. The summed E-state index contributed by atoms with van der Waals surface area (Å²) >= 11 is 0. The summed E-state index contributed by atoms with van der Waals surface area (Å²) in [5.41, 5.74) is 0. The van der Waals surface area contributed by atoms with Crippen molar-refractivity contribution in [3.63, 3.8) is 0 Å². The van der Waals surface area contributed by atoms with E-state index in [0.717, 1.165) is 44.9 Å². The normalized spacial score (nSPS) is 17.5. The minimum absolute atomic E-state index is 0.222. The van der Waals surface area contributed by atoms with Gasteiger partial charge in [0.1, 0.15) is 12.7 Å². The third-order valence-corrected chi connectivity index (χ3v) is 4.39. The van der Waals surface area contributed by atoms with Crippen molar-refractivity contribution < 1.29 is 4.39 Å². The molecular formula is C17H25FN8. The van der Waals surface area contributed by atoms with Crippen molar-refractivity contribution in [2.24, 2.45) is 4.99 Å². The summed E-state index contributed by atoms with van der Waals surface area (Å²) in [6.45, 7) is 3.24. The molecular weight excluding hydrogens is 335 g/mol. The first-order chi connectivity index (χ1) is 12.8. The number of anilines is 1. The van der Waals surface area contributed by atoms with Crippen LogP contribution in [-0.4, -0.2) is 58.4 Å². The molecule has 1 aliphatic heterocycles. The molecule has 0 aromatic carbocycles. The molecule has 9 heteroatoms. The smallest absolute Gasteiger partial charge is 0.191 e. The van der Waals surface area contributed by atoms with Crippen LogP contribution >= 0.6 is 0 Å². The van der Waals surface area contributed by atoms with Gasteiger partial charge in [-0.3, -0.25) is 4.99 Å². The summed E-state index contributed by atoms with van der Waals surface area (Å²) in [5, 5.41) is 14.3. The molecule has 140 valence electrons. The third-order valence-electron chi connectivity index (χ3n) is 4.39. The Morgan fingerprint density at radius 1 is 1.35 bits per heavy atom. The lowest BCUT2D eigenvalue weighted by atomic mass is 10.2. The predicted molar refractivity (Wildman–Crippen MR) is 98.6 cm³/mol. The van der Waals surface area contributed by atoms with Crippen LogP contribution in [0.1, 0.15) is 19.3 Å². The number of rotatable bonds is 7.